The zero-order valence-electron chi connectivity index (χ0n) is 13.5. The number of ketones is 1. The van der Waals surface area contributed by atoms with Gasteiger partial charge in [-0.05, 0) is 60.0 Å². The third kappa shape index (κ3) is 4.33. The third-order valence-electron chi connectivity index (χ3n) is 4.36. The molecular weight excluding hydrogens is 361 g/mol. The maximum Gasteiger partial charge on any atom is 0.149 e. The molecule has 1 nitrogen and oxygen atoms in total. The Morgan fingerprint density at radius 2 is 0.786 bits per heavy atom. The summed E-state index contributed by atoms with van der Waals surface area (Å²) in [4.78, 5) is 12.8. The van der Waals surface area contributed by atoms with Crippen molar-refractivity contribution >= 4 is 5.78 Å². The van der Waals surface area contributed by atoms with Crippen LogP contribution >= 0.6 is 0 Å². The number of benzene rings is 3. The Balaban J connectivity index is 0.00000243. The number of halogens is 3. The van der Waals surface area contributed by atoms with Gasteiger partial charge in [0.2, 0.25) is 0 Å². The minimum absolute atomic E-state index is 0. The Labute approximate surface area is 165 Å². The fourth-order valence-electron chi connectivity index (χ4n) is 3.21. The molecule has 28 heavy (non-hydrogen) atoms. The molecule has 4 heteroatoms. The molecule has 0 aliphatic rings. The molecular formula is C24H27F3O. The largest absolute Gasteiger partial charge is 0.298 e. The highest BCUT2D eigenvalue weighted by Crippen LogP contribution is 2.40. The second kappa shape index (κ2) is 9.88. The molecule has 0 unspecified atom stereocenters. The first-order chi connectivity index (χ1) is 11.9. The molecule has 0 aliphatic heterocycles. The molecule has 150 valence electrons. The van der Waals surface area contributed by atoms with Crippen molar-refractivity contribution in [1.82, 2.24) is 0 Å². The monoisotopic (exact) mass is 388 g/mol. The first kappa shape index (κ1) is 25.1. The summed E-state index contributed by atoms with van der Waals surface area (Å²) in [5, 5.41) is 0. The lowest BCUT2D eigenvalue weighted by molar-refractivity contribution is -0.119. The molecule has 0 bridgehead atoms. The quantitative estimate of drug-likeness (QED) is 0.443. The lowest BCUT2D eigenvalue weighted by Crippen LogP contribution is -2.37. The topological polar surface area (TPSA) is 17.1 Å². The van der Waals surface area contributed by atoms with Crippen LogP contribution in [0.4, 0.5) is 13.2 Å². The van der Waals surface area contributed by atoms with Crippen LogP contribution in [0.3, 0.4) is 0 Å². The Morgan fingerprint density at radius 3 is 0.964 bits per heavy atom. The van der Waals surface area contributed by atoms with Crippen LogP contribution in [-0.2, 0) is 10.2 Å². The molecule has 0 aromatic heterocycles. The van der Waals surface area contributed by atoms with Gasteiger partial charge in [0.1, 0.15) is 28.6 Å². The van der Waals surface area contributed by atoms with Crippen molar-refractivity contribution in [3.8, 4) is 0 Å². The Bertz CT molecular complexity index is 772. The van der Waals surface area contributed by atoms with Crippen molar-refractivity contribution < 1.29 is 18.0 Å². The fourth-order valence-corrected chi connectivity index (χ4v) is 3.21. The first-order valence-electron chi connectivity index (χ1n) is 7.74. The van der Waals surface area contributed by atoms with Crippen molar-refractivity contribution in [2.45, 2.75) is 34.6 Å². The highest BCUT2D eigenvalue weighted by Gasteiger charge is 2.41. The van der Waals surface area contributed by atoms with E-state index >= 15 is 0 Å². The Hall–Kier alpha value is -2.88. The molecule has 3 aromatic rings. The summed E-state index contributed by atoms with van der Waals surface area (Å²) in [5.74, 6) is -1.53. The summed E-state index contributed by atoms with van der Waals surface area (Å²) >= 11 is 0. The number of carbonyl (C=O) groups excluding carboxylic acids is 1. The SMILES string of the molecule is C.C.C.CC(=O)C(c1ccc(F)cc1)(c1ccc(F)cc1)c1ccc(F)cc1. The van der Waals surface area contributed by atoms with Crippen molar-refractivity contribution in [1.29, 1.82) is 0 Å². The summed E-state index contributed by atoms with van der Waals surface area (Å²) in [5.41, 5.74) is 0.300. The molecule has 0 spiro atoms. The molecule has 0 atom stereocenters. The highest BCUT2D eigenvalue weighted by atomic mass is 19.1. The summed E-state index contributed by atoms with van der Waals surface area (Å²) in [6, 6.07) is 16.7. The number of hydrogen-bond acceptors (Lipinski definition) is 1. The van der Waals surface area contributed by atoms with Crippen molar-refractivity contribution in [2.24, 2.45) is 0 Å². The average molecular weight is 388 g/mol. The lowest BCUT2D eigenvalue weighted by atomic mass is 9.67. The van der Waals surface area contributed by atoms with Crippen molar-refractivity contribution in [2.75, 3.05) is 0 Å². The highest BCUT2D eigenvalue weighted by molar-refractivity contribution is 5.96. The molecule has 0 radical (unpaired) electrons. The number of carbonyl (C=O) groups is 1. The zero-order chi connectivity index (χ0) is 18.0. The molecule has 0 aliphatic carbocycles. The van der Waals surface area contributed by atoms with Gasteiger partial charge in [-0.3, -0.25) is 4.79 Å². The molecule has 0 heterocycles. The smallest absolute Gasteiger partial charge is 0.149 e. The fraction of sp³-hybridized carbons (Fsp3) is 0.208. The van der Waals surface area contributed by atoms with Gasteiger partial charge in [-0.1, -0.05) is 58.7 Å². The Kier molecular flexibility index (Phi) is 8.87. The first-order valence-corrected chi connectivity index (χ1v) is 7.74. The summed E-state index contributed by atoms with van der Waals surface area (Å²) < 4.78 is 40.2. The van der Waals surface area contributed by atoms with E-state index in [9.17, 15) is 18.0 Å². The molecule has 0 saturated carbocycles. The van der Waals surface area contributed by atoms with E-state index in [0.717, 1.165) is 0 Å². The van der Waals surface area contributed by atoms with Crippen LogP contribution in [0, 0.1) is 17.5 Å². The van der Waals surface area contributed by atoms with Gasteiger partial charge in [-0.15, -0.1) is 0 Å². The standard InChI is InChI=1S/C21H15F3O.3CH4/c1-14(25)21(15-2-8-18(22)9-3-15,16-4-10-19(23)11-5-16)17-6-12-20(24)13-7-17;;;/h2-13H,1H3;3*1H4. The van der Waals surface area contributed by atoms with Gasteiger partial charge in [0.05, 0.1) is 0 Å². The zero-order valence-corrected chi connectivity index (χ0v) is 13.5. The molecule has 3 aromatic carbocycles. The third-order valence-corrected chi connectivity index (χ3v) is 4.36. The van der Waals surface area contributed by atoms with E-state index in [4.69, 9.17) is 0 Å². The number of hydrogen-bond donors (Lipinski definition) is 0. The maximum absolute atomic E-state index is 13.4. The Morgan fingerprint density at radius 1 is 0.571 bits per heavy atom. The number of Topliss-reactive ketones (excluding diaryl/α,β-unsaturated/α-hetero) is 1. The summed E-state index contributed by atoms with van der Waals surface area (Å²) in [6.45, 7) is 1.41. The van der Waals surface area contributed by atoms with E-state index < -0.39 is 22.9 Å². The maximum atomic E-state index is 13.4. The second-order valence-corrected chi connectivity index (χ2v) is 5.83. The van der Waals surface area contributed by atoms with E-state index in [1.807, 2.05) is 0 Å². The molecule has 0 amide bonds. The molecule has 3 rings (SSSR count). The predicted octanol–water partition coefficient (Wildman–Crippen LogP) is 6.94. The normalized spacial score (nSPS) is 10.1. The van der Waals surface area contributed by atoms with Gasteiger partial charge in [0.15, 0.2) is 0 Å². The van der Waals surface area contributed by atoms with Crippen molar-refractivity contribution in [3.05, 3.63) is 107 Å². The van der Waals surface area contributed by atoms with Crippen LogP contribution in [0.5, 0.6) is 0 Å². The van der Waals surface area contributed by atoms with Crippen molar-refractivity contribution in [3.63, 3.8) is 0 Å². The van der Waals surface area contributed by atoms with E-state index in [2.05, 4.69) is 0 Å². The van der Waals surface area contributed by atoms with Crippen LogP contribution in [0.2, 0.25) is 0 Å². The van der Waals surface area contributed by atoms with Crippen LogP contribution in [0.1, 0.15) is 45.9 Å². The van der Waals surface area contributed by atoms with Crippen LogP contribution in [0.15, 0.2) is 72.8 Å². The molecule has 0 N–H and O–H groups in total. The number of rotatable bonds is 4. The molecule has 0 fully saturated rings. The lowest BCUT2D eigenvalue weighted by Gasteiger charge is -2.33. The second-order valence-electron chi connectivity index (χ2n) is 5.83. The van der Waals surface area contributed by atoms with Gasteiger partial charge in [-0.2, -0.15) is 0 Å². The van der Waals surface area contributed by atoms with E-state index in [0.29, 0.717) is 16.7 Å². The van der Waals surface area contributed by atoms with E-state index in [1.165, 1.54) is 79.7 Å². The summed E-state index contributed by atoms with van der Waals surface area (Å²) in [6.07, 6.45) is 0. The van der Waals surface area contributed by atoms with Gasteiger partial charge >= 0.3 is 0 Å². The van der Waals surface area contributed by atoms with Crippen LogP contribution < -0.4 is 0 Å². The van der Waals surface area contributed by atoms with E-state index in [-0.39, 0.29) is 28.1 Å². The summed E-state index contributed by atoms with van der Waals surface area (Å²) in [7, 11) is 0. The van der Waals surface area contributed by atoms with Gasteiger partial charge in [0.25, 0.3) is 0 Å². The van der Waals surface area contributed by atoms with Gasteiger partial charge in [0, 0.05) is 0 Å². The predicted molar refractivity (Wildman–Crippen MR) is 110 cm³/mol. The van der Waals surface area contributed by atoms with Gasteiger partial charge < -0.3 is 0 Å². The van der Waals surface area contributed by atoms with E-state index in [1.54, 1.807) is 0 Å². The molecule has 0 saturated heterocycles. The average Bonchev–Trinajstić information content (AvgIpc) is 2.60. The minimum Gasteiger partial charge on any atom is -0.298 e. The van der Waals surface area contributed by atoms with Crippen LogP contribution in [0.25, 0.3) is 0 Å². The minimum atomic E-state index is -1.28. The van der Waals surface area contributed by atoms with Crippen LogP contribution in [-0.4, -0.2) is 5.78 Å². The van der Waals surface area contributed by atoms with Gasteiger partial charge in [-0.25, -0.2) is 13.2 Å².